The van der Waals surface area contributed by atoms with Crippen LogP contribution in [0.1, 0.15) is 0 Å². The van der Waals surface area contributed by atoms with E-state index in [0.717, 1.165) is 16.8 Å². The maximum absolute atomic E-state index is 9.34. The number of nitrogens with zero attached hydrogens (tertiary/aromatic N) is 2. The van der Waals surface area contributed by atoms with Crippen LogP contribution in [0.3, 0.4) is 0 Å². The number of nitrogens with one attached hydrogen (secondary N) is 1. The molecule has 1 aromatic heterocycles. The average Bonchev–Trinajstić information content (AvgIpc) is 2.46. The number of aromatic nitrogens is 2. The Morgan fingerprint density at radius 1 is 1.17 bits per heavy atom. The summed E-state index contributed by atoms with van der Waals surface area (Å²) in [4.78, 5) is 7.97. The molecular weight excluding hydrogens is 230 g/mol. The second-order valence-electron chi connectivity index (χ2n) is 3.89. The third-order valence-corrected chi connectivity index (χ3v) is 2.54. The van der Waals surface area contributed by atoms with E-state index in [2.05, 4.69) is 15.3 Å². The van der Waals surface area contributed by atoms with Crippen molar-refractivity contribution in [1.82, 2.24) is 9.97 Å². The number of para-hydroxylation sites is 1. The molecular formula is C13H15N3O2. The number of anilines is 1. The number of benzene rings is 1. The van der Waals surface area contributed by atoms with Crippen LogP contribution in [0.4, 0.5) is 5.69 Å². The molecule has 0 saturated heterocycles. The molecule has 3 N–H and O–H groups in total. The highest BCUT2D eigenvalue weighted by atomic mass is 16.3. The average molecular weight is 245 g/mol. The predicted octanol–water partition coefficient (Wildman–Crippen LogP) is 0.909. The number of hydrogen-bond donors (Lipinski definition) is 3. The van der Waals surface area contributed by atoms with Gasteiger partial charge in [0, 0.05) is 35.8 Å². The Morgan fingerprint density at radius 3 is 2.61 bits per heavy atom. The molecule has 0 saturated carbocycles. The third-order valence-electron chi connectivity index (χ3n) is 2.54. The second kappa shape index (κ2) is 6.09. The summed E-state index contributed by atoms with van der Waals surface area (Å²) in [5.41, 5.74) is 2.74. The lowest BCUT2D eigenvalue weighted by Crippen LogP contribution is -2.23. The zero-order valence-electron chi connectivity index (χ0n) is 9.82. The zero-order valence-corrected chi connectivity index (χ0v) is 9.82. The summed E-state index contributed by atoms with van der Waals surface area (Å²) >= 11 is 0. The first-order valence-electron chi connectivity index (χ1n) is 5.68. The fourth-order valence-corrected chi connectivity index (χ4v) is 1.62. The minimum atomic E-state index is -0.773. The Hall–Kier alpha value is -1.98. The maximum Gasteiger partial charge on any atom is 0.115 e. The molecule has 0 bridgehead atoms. The highest BCUT2D eigenvalue weighted by molar-refractivity contribution is 5.76. The van der Waals surface area contributed by atoms with E-state index in [4.69, 9.17) is 5.11 Å². The summed E-state index contributed by atoms with van der Waals surface area (Å²) in [7, 11) is 0. The normalized spacial score (nSPS) is 12.1. The molecule has 1 aromatic carbocycles. The zero-order chi connectivity index (χ0) is 12.8. The van der Waals surface area contributed by atoms with Crippen LogP contribution in [-0.4, -0.2) is 39.4 Å². The molecule has 18 heavy (non-hydrogen) atoms. The van der Waals surface area contributed by atoms with Crippen LogP contribution < -0.4 is 5.32 Å². The highest BCUT2D eigenvalue weighted by Crippen LogP contribution is 2.26. The van der Waals surface area contributed by atoms with Crippen molar-refractivity contribution in [3.05, 3.63) is 43.0 Å². The summed E-state index contributed by atoms with van der Waals surface area (Å²) in [6.07, 6.45) is 4.17. The Balaban J connectivity index is 2.21. The van der Waals surface area contributed by atoms with Crippen LogP contribution in [0.15, 0.2) is 43.0 Å². The van der Waals surface area contributed by atoms with Crippen LogP contribution in [-0.2, 0) is 0 Å². The number of aliphatic hydroxyl groups is 2. The van der Waals surface area contributed by atoms with E-state index in [1.165, 1.54) is 6.33 Å². The molecule has 0 amide bonds. The summed E-state index contributed by atoms with van der Waals surface area (Å²) in [6, 6.07) is 7.69. The topological polar surface area (TPSA) is 78.3 Å². The lowest BCUT2D eigenvalue weighted by Gasteiger charge is -2.13. The summed E-state index contributed by atoms with van der Waals surface area (Å²) in [6.45, 7) is 0.0326. The fourth-order valence-electron chi connectivity index (χ4n) is 1.62. The van der Waals surface area contributed by atoms with Crippen LogP contribution in [0.5, 0.6) is 0 Å². The molecule has 0 radical (unpaired) electrons. The fraction of sp³-hybridized carbons (Fsp3) is 0.231. The maximum atomic E-state index is 9.34. The minimum Gasteiger partial charge on any atom is -0.394 e. The Bertz CT molecular complexity index is 491. The van der Waals surface area contributed by atoms with E-state index in [0.29, 0.717) is 6.54 Å². The van der Waals surface area contributed by atoms with Crippen molar-refractivity contribution in [2.45, 2.75) is 6.10 Å². The van der Waals surface area contributed by atoms with Crippen LogP contribution in [0.2, 0.25) is 0 Å². The monoisotopic (exact) mass is 245 g/mol. The molecule has 0 aliphatic rings. The highest BCUT2D eigenvalue weighted by Gasteiger charge is 2.06. The van der Waals surface area contributed by atoms with E-state index >= 15 is 0 Å². The van der Waals surface area contributed by atoms with Crippen molar-refractivity contribution < 1.29 is 10.2 Å². The second-order valence-corrected chi connectivity index (χ2v) is 3.89. The Kier molecular flexibility index (Phi) is 4.22. The van der Waals surface area contributed by atoms with Crippen molar-refractivity contribution in [2.75, 3.05) is 18.5 Å². The lowest BCUT2D eigenvalue weighted by atomic mass is 10.1. The molecule has 2 rings (SSSR count). The van der Waals surface area contributed by atoms with Gasteiger partial charge in [-0.15, -0.1) is 0 Å². The summed E-state index contributed by atoms with van der Waals surface area (Å²) in [5, 5.41) is 21.2. The van der Waals surface area contributed by atoms with Gasteiger partial charge in [0.15, 0.2) is 0 Å². The van der Waals surface area contributed by atoms with Gasteiger partial charge in [0.2, 0.25) is 0 Å². The van der Waals surface area contributed by atoms with Gasteiger partial charge in [-0.3, -0.25) is 0 Å². The molecule has 0 aliphatic carbocycles. The Labute approximate surface area is 105 Å². The molecule has 94 valence electrons. The van der Waals surface area contributed by atoms with Gasteiger partial charge in [0.25, 0.3) is 0 Å². The smallest absolute Gasteiger partial charge is 0.115 e. The van der Waals surface area contributed by atoms with Crippen molar-refractivity contribution in [3.63, 3.8) is 0 Å². The van der Waals surface area contributed by atoms with Gasteiger partial charge >= 0.3 is 0 Å². The molecule has 1 atom stereocenters. The minimum absolute atomic E-state index is 0.260. The van der Waals surface area contributed by atoms with E-state index in [9.17, 15) is 5.11 Å². The molecule has 0 fully saturated rings. The predicted molar refractivity (Wildman–Crippen MR) is 69.1 cm³/mol. The molecule has 2 aromatic rings. The SMILES string of the molecule is OCC(O)CNc1ccccc1-c1cncnc1. The summed E-state index contributed by atoms with van der Waals surface area (Å²) < 4.78 is 0. The van der Waals surface area contributed by atoms with E-state index in [1.54, 1.807) is 12.4 Å². The quantitative estimate of drug-likeness (QED) is 0.729. The summed E-state index contributed by atoms with van der Waals surface area (Å²) in [5.74, 6) is 0. The first-order valence-corrected chi connectivity index (χ1v) is 5.68. The molecule has 1 unspecified atom stereocenters. The van der Waals surface area contributed by atoms with Gasteiger partial charge in [-0.05, 0) is 6.07 Å². The van der Waals surface area contributed by atoms with Crippen LogP contribution in [0.25, 0.3) is 11.1 Å². The van der Waals surface area contributed by atoms with E-state index < -0.39 is 6.10 Å². The van der Waals surface area contributed by atoms with Crippen LogP contribution >= 0.6 is 0 Å². The largest absolute Gasteiger partial charge is 0.394 e. The number of hydrogen-bond acceptors (Lipinski definition) is 5. The van der Waals surface area contributed by atoms with Gasteiger partial charge in [-0.25, -0.2) is 9.97 Å². The van der Waals surface area contributed by atoms with Crippen molar-refractivity contribution >= 4 is 5.69 Å². The van der Waals surface area contributed by atoms with Gasteiger partial charge in [0.1, 0.15) is 6.33 Å². The molecule has 0 spiro atoms. The lowest BCUT2D eigenvalue weighted by molar-refractivity contribution is 0.105. The van der Waals surface area contributed by atoms with E-state index in [-0.39, 0.29) is 6.61 Å². The van der Waals surface area contributed by atoms with Crippen molar-refractivity contribution in [1.29, 1.82) is 0 Å². The number of aliphatic hydroxyl groups excluding tert-OH is 2. The third kappa shape index (κ3) is 3.03. The van der Waals surface area contributed by atoms with Gasteiger partial charge in [-0.1, -0.05) is 18.2 Å². The first kappa shape index (κ1) is 12.5. The van der Waals surface area contributed by atoms with Crippen molar-refractivity contribution in [3.8, 4) is 11.1 Å². The molecule has 5 nitrogen and oxygen atoms in total. The standard InChI is InChI=1S/C13H15N3O2/c17-8-11(18)7-16-13-4-2-1-3-12(13)10-5-14-9-15-6-10/h1-6,9,11,16-18H,7-8H2. The Morgan fingerprint density at radius 2 is 1.89 bits per heavy atom. The molecule has 5 heteroatoms. The molecule has 0 aliphatic heterocycles. The number of rotatable bonds is 5. The van der Waals surface area contributed by atoms with E-state index in [1.807, 2.05) is 24.3 Å². The van der Waals surface area contributed by atoms with Gasteiger partial charge in [0.05, 0.1) is 12.7 Å². The van der Waals surface area contributed by atoms with Crippen LogP contribution in [0, 0.1) is 0 Å². The van der Waals surface area contributed by atoms with Gasteiger partial charge in [-0.2, -0.15) is 0 Å². The molecule has 1 heterocycles. The first-order chi connectivity index (χ1) is 8.81. The van der Waals surface area contributed by atoms with Crippen molar-refractivity contribution in [2.24, 2.45) is 0 Å². The van der Waals surface area contributed by atoms with Gasteiger partial charge < -0.3 is 15.5 Å².